The first kappa shape index (κ1) is 11.7. The molecule has 0 spiro atoms. The summed E-state index contributed by atoms with van der Waals surface area (Å²) >= 11 is 5.17. The normalized spacial score (nSPS) is 11.1. The molecule has 0 aliphatic carbocycles. The van der Waals surface area contributed by atoms with Gasteiger partial charge in [-0.2, -0.15) is 0 Å². The molecule has 14 heavy (non-hydrogen) atoms. The Morgan fingerprint density at radius 1 is 1.36 bits per heavy atom. The molecule has 0 fully saturated rings. The fourth-order valence-electron chi connectivity index (χ4n) is 0.906. The Labute approximate surface area is 97.7 Å². The number of benzene rings is 1. The molecule has 0 aromatic heterocycles. The summed E-state index contributed by atoms with van der Waals surface area (Å²) in [5, 5.41) is 0. The van der Waals surface area contributed by atoms with E-state index in [2.05, 4.69) is 31.9 Å². The maximum Gasteiger partial charge on any atom is 0.280 e. The molecule has 0 aliphatic heterocycles. The number of alkyl halides is 3. The van der Waals surface area contributed by atoms with Gasteiger partial charge in [0.15, 0.2) is 0 Å². The summed E-state index contributed by atoms with van der Waals surface area (Å²) in [5.41, 5.74) is 0.266. The molecule has 2 nitrogen and oxygen atoms in total. The second kappa shape index (κ2) is 4.40. The molecule has 0 aliphatic rings. The zero-order chi connectivity index (χ0) is 10.8. The number of carbonyl (C=O) groups excluding carboxylic acids is 1. The van der Waals surface area contributed by atoms with E-state index in [0.29, 0.717) is 5.75 Å². The van der Waals surface area contributed by atoms with Crippen LogP contribution in [0.15, 0.2) is 24.3 Å². The van der Waals surface area contributed by atoms with E-state index in [0.717, 1.165) is 0 Å². The Morgan fingerprint density at radius 2 is 1.86 bits per heavy atom. The highest BCUT2D eigenvalue weighted by Gasteiger charge is 2.32. The molecule has 0 radical (unpaired) electrons. The van der Waals surface area contributed by atoms with Gasteiger partial charge in [-0.25, -0.2) is 4.39 Å². The van der Waals surface area contributed by atoms with Gasteiger partial charge in [0.05, 0.1) is 7.11 Å². The van der Waals surface area contributed by atoms with Crippen molar-refractivity contribution in [3.63, 3.8) is 0 Å². The summed E-state index contributed by atoms with van der Waals surface area (Å²) in [6, 6.07) is 6.19. The Balaban J connectivity index is 2.93. The SMILES string of the molecule is COc1ccc(C(=O)C(F)(Br)Br)cc1. The molecule has 0 saturated carbocycles. The standard InChI is InChI=1S/C9H7Br2FO2/c1-14-7-4-2-6(3-5-7)8(13)9(10,11)12/h2-5H,1H3. The van der Waals surface area contributed by atoms with Crippen molar-refractivity contribution in [3.8, 4) is 5.75 Å². The highest BCUT2D eigenvalue weighted by atomic mass is 79.9. The van der Waals surface area contributed by atoms with Gasteiger partial charge in [0, 0.05) is 5.56 Å². The van der Waals surface area contributed by atoms with Crippen molar-refractivity contribution in [3.05, 3.63) is 29.8 Å². The molecule has 1 aromatic carbocycles. The van der Waals surface area contributed by atoms with Gasteiger partial charge in [0.1, 0.15) is 5.75 Å². The van der Waals surface area contributed by atoms with E-state index in [1.807, 2.05) is 0 Å². The Bertz CT molecular complexity index is 330. The van der Waals surface area contributed by atoms with Gasteiger partial charge in [-0.05, 0) is 56.1 Å². The number of halogens is 3. The quantitative estimate of drug-likeness (QED) is 0.629. The molecular weight excluding hydrogens is 319 g/mol. The lowest BCUT2D eigenvalue weighted by molar-refractivity contribution is 0.0926. The minimum absolute atomic E-state index is 0.266. The van der Waals surface area contributed by atoms with Crippen molar-refractivity contribution in [2.24, 2.45) is 0 Å². The smallest absolute Gasteiger partial charge is 0.280 e. The van der Waals surface area contributed by atoms with Crippen molar-refractivity contribution in [2.45, 2.75) is 3.49 Å². The Hall–Kier alpha value is -0.420. The van der Waals surface area contributed by atoms with Gasteiger partial charge < -0.3 is 4.74 Å². The molecule has 0 atom stereocenters. The number of methoxy groups -OCH3 is 1. The van der Waals surface area contributed by atoms with Gasteiger partial charge >= 0.3 is 0 Å². The minimum atomic E-state index is -2.20. The van der Waals surface area contributed by atoms with Crippen molar-refractivity contribution >= 4 is 37.6 Å². The van der Waals surface area contributed by atoms with Crippen LogP contribution in [-0.2, 0) is 0 Å². The van der Waals surface area contributed by atoms with Crippen LogP contribution in [0, 0.1) is 0 Å². The predicted molar refractivity (Wildman–Crippen MR) is 59.0 cm³/mol. The lowest BCUT2D eigenvalue weighted by Gasteiger charge is -2.08. The van der Waals surface area contributed by atoms with Crippen LogP contribution in [0.2, 0.25) is 0 Å². The second-order valence-electron chi connectivity index (χ2n) is 2.56. The molecule has 0 saturated heterocycles. The van der Waals surface area contributed by atoms with Gasteiger partial charge in [0.25, 0.3) is 3.49 Å². The maximum atomic E-state index is 13.1. The number of ketones is 1. The third-order valence-electron chi connectivity index (χ3n) is 1.61. The van der Waals surface area contributed by atoms with E-state index < -0.39 is 9.27 Å². The van der Waals surface area contributed by atoms with Crippen LogP contribution in [0.1, 0.15) is 10.4 Å². The van der Waals surface area contributed by atoms with Crippen LogP contribution >= 0.6 is 31.9 Å². The van der Waals surface area contributed by atoms with Gasteiger partial charge in [-0.3, -0.25) is 4.79 Å². The Morgan fingerprint density at radius 3 is 2.21 bits per heavy atom. The third-order valence-corrected chi connectivity index (χ3v) is 2.33. The average Bonchev–Trinajstić information content (AvgIpc) is 2.15. The summed E-state index contributed by atoms with van der Waals surface area (Å²) < 4.78 is 15.8. The van der Waals surface area contributed by atoms with E-state index in [4.69, 9.17) is 4.74 Å². The van der Waals surface area contributed by atoms with Gasteiger partial charge in [-0.15, -0.1) is 0 Å². The fraction of sp³-hybridized carbons (Fsp3) is 0.222. The summed E-state index contributed by atoms with van der Waals surface area (Å²) in [5.74, 6) is -0.0599. The lowest BCUT2D eigenvalue weighted by atomic mass is 10.1. The lowest BCUT2D eigenvalue weighted by Crippen LogP contribution is -2.18. The molecule has 1 aromatic rings. The molecule has 1 rings (SSSR count). The van der Waals surface area contributed by atoms with E-state index in [1.54, 1.807) is 12.1 Å². The molecule has 0 N–H and O–H groups in total. The van der Waals surface area contributed by atoms with Crippen LogP contribution in [0.4, 0.5) is 4.39 Å². The number of hydrogen-bond donors (Lipinski definition) is 0. The molecule has 0 amide bonds. The average molecular weight is 326 g/mol. The zero-order valence-corrected chi connectivity index (χ0v) is 10.4. The first-order valence-corrected chi connectivity index (χ1v) is 5.29. The second-order valence-corrected chi connectivity index (χ2v) is 5.80. The highest BCUT2D eigenvalue weighted by Crippen LogP contribution is 2.32. The topological polar surface area (TPSA) is 26.3 Å². The Kier molecular flexibility index (Phi) is 3.66. The number of carbonyl (C=O) groups is 1. The van der Waals surface area contributed by atoms with Gasteiger partial charge in [-0.1, -0.05) is 0 Å². The van der Waals surface area contributed by atoms with E-state index in [-0.39, 0.29) is 5.56 Å². The largest absolute Gasteiger partial charge is 0.497 e. The molecule has 0 bridgehead atoms. The van der Waals surface area contributed by atoms with Crippen LogP contribution in [0.3, 0.4) is 0 Å². The van der Waals surface area contributed by atoms with Crippen LogP contribution in [-0.4, -0.2) is 16.4 Å². The number of ether oxygens (including phenoxy) is 1. The van der Waals surface area contributed by atoms with Crippen LogP contribution in [0.5, 0.6) is 5.75 Å². The van der Waals surface area contributed by atoms with Gasteiger partial charge in [0.2, 0.25) is 5.78 Å². The monoisotopic (exact) mass is 324 g/mol. The minimum Gasteiger partial charge on any atom is -0.497 e. The number of hydrogen-bond acceptors (Lipinski definition) is 2. The summed E-state index contributed by atoms with van der Waals surface area (Å²) in [4.78, 5) is 11.4. The number of Topliss-reactive ketones (excluding diaryl/α,β-unsaturated/α-hetero) is 1. The molecule has 0 heterocycles. The van der Waals surface area contributed by atoms with Crippen molar-refractivity contribution in [2.75, 3.05) is 7.11 Å². The van der Waals surface area contributed by atoms with E-state index in [9.17, 15) is 9.18 Å². The van der Waals surface area contributed by atoms with Crippen molar-refractivity contribution < 1.29 is 13.9 Å². The molecular formula is C9H7Br2FO2. The number of rotatable bonds is 3. The zero-order valence-electron chi connectivity index (χ0n) is 7.26. The first-order valence-electron chi connectivity index (χ1n) is 3.70. The predicted octanol–water partition coefficient (Wildman–Crippen LogP) is 3.29. The summed E-state index contributed by atoms with van der Waals surface area (Å²) in [6.07, 6.45) is 0. The van der Waals surface area contributed by atoms with Crippen molar-refractivity contribution in [1.29, 1.82) is 0 Å². The summed E-state index contributed by atoms with van der Waals surface area (Å²) in [6.45, 7) is 0. The van der Waals surface area contributed by atoms with E-state index >= 15 is 0 Å². The van der Waals surface area contributed by atoms with Crippen LogP contribution in [0.25, 0.3) is 0 Å². The first-order chi connectivity index (χ1) is 6.45. The van der Waals surface area contributed by atoms with E-state index in [1.165, 1.54) is 19.2 Å². The van der Waals surface area contributed by atoms with Crippen molar-refractivity contribution in [1.82, 2.24) is 0 Å². The summed E-state index contributed by atoms with van der Waals surface area (Å²) in [7, 11) is 1.52. The molecule has 5 heteroatoms. The highest BCUT2D eigenvalue weighted by molar-refractivity contribution is 9.25. The van der Waals surface area contributed by atoms with Crippen LogP contribution < -0.4 is 4.74 Å². The molecule has 76 valence electrons. The fourth-order valence-corrected chi connectivity index (χ4v) is 1.36. The molecule has 0 unspecified atom stereocenters. The third kappa shape index (κ3) is 2.78. The maximum absolute atomic E-state index is 13.1.